The first-order chi connectivity index (χ1) is 7.60. The number of unbranched alkanes of at least 4 members (excludes halogenated alkanes) is 1. The highest BCUT2D eigenvalue weighted by Gasteiger charge is 2.11. The molecule has 0 saturated heterocycles. The summed E-state index contributed by atoms with van der Waals surface area (Å²) < 4.78 is 0. The molecule has 0 fully saturated rings. The van der Waals surface area contributed by atoms with Gasteiger partial charge in [-0.2, -0.15) is 5.26 Å². The van der Waals surface area contributed by atoms with Crippen LogP contribution < -0.4 is 4.90 Å². The van der Waals surface area contributed by atoms with E-state index in [-0.39, 0.29) is 0 Å². The minimum atomic E-state index is 0.698. The molecule has 0 unspecified atom stereocenters. The monoisotopic (exact) mass is 217 g/mol. The Bertz CT molecular complexity index is 404. The first-order valence-corrected chi connectivity index (χ1v) is 5.69. The molecule has 0 spiro atoms. The Morgan fingerprint density at radius 2 is 2.12 bits per heavy atom. The summed E-state index contributed by atoms with van der Waals surface area (Å²) in [6, 6.07) is 4.23. The van der Waals surface area contributed by atoms with Crippen molar-refractivity contribution in [1.29, 1.82) is 5.26 Å². The second-order valence-electron chi connectivity index (χ2n) is 4.13. The third-order valence-electron chi connectivity index (χ3n) is 2.68. The lowest BCUT2D eigenvalue weighted by atomic mass is 10.1. The van der Waals surface area contributed by atoms with Crippen molar-refractivity contribution < 1.29 is 0 Å². The van der Waals surface area contributed by atoms with E-state index in [0.29, 0.717) is 5.56 Å². The maximum absolute atomic E-state index is 9.15. The summed E-state index contributed by atoms with van der Waals surface area (Å²) in [4.78, 5) is 6.46. The van der Waals surface area contributed by atoms with Crippen LogP contribution in [0.25, 0.3) is 0 Å². The Morgan fingerprint density at radius 3 is 2.69 bits per heavy atom. The third-order valence-corrected chi connectivity index (χ3v) is 2.68. The van der Waals surface area contributed by atoms with Gasteiger partial charge in [0.2, 0.25) is 0 Å². The summed E-state index contributed by atoms with van der Waals surface area (Å²) in [6.45, 7) is 7.00. The highest BCUT2D eigenvalue weighted by molar-refractivity contribution is 5.61. The van der Waals surface area contributed by atoms with E-state index in [2.05, 4.69) is 22.9 Å². The zero-order valence-electron chi connectivity index (χ0n) is 10.5. The Kier molecular flexibility index (Phi) is 4.30. The number of nitriles is 1. The van der Waals surface area contributed by atoms with Crippen molar-refractivity contribution in [3.63, 3.8) is 0 Å². The van der Waals surface area contributed by atoms with Gasteiger partial charge in [0.1, 0.15) is 6.07 Å². The molecule has 3 nitrogen and oxygen atoms in total. The van der Waals surface area contributed by atoms with Crippen LogP contribution in [0.2, 0.25) is 0 Å². The summed E-state index contributed by atoms with van der Waals surface area (Å²) in [6.07, 6.45) is 2.30. The van der Waals surface area contributed by atoms with Gasteiger partial charge in [0, 0.05) is 19.3 Å². The van der Waals surface area contributed by atoms with E-state index in [1.807, 2.05) is 27.0 Å². The van der Waals surface area contributed by atoms with Crippen LogP contribution in [0.4, 0.5) is 5.69 Å². The lowest BCUT2D eigenvalue weighted by Gasteiger charge is -2.21. The van der Waals surface area contributed by atoms with Gasteiger partial charge in [-0.05, 0) is 26.3 Å². The fourth-order valence-corrected chi connectivity index (χ4v) is 1.76. The molecule has 0 atom stereocenters. The van der Waals surface area contributed by atoms with E-state index in [1.54, 1.807) is 0 Å². The summed E-state index contributed by atoms with van der Waals surface area (Å²) in [5, 5.41) is 9.15. The topological polar surface area (TPSA) is 39.9 Å². The lowest BCUT2D eigenvalue weighted by Crippen LogP contribution is -2.20. The average Bonchev–Trinajstić information content (AvgIpc) is 2.24. The molecule has 0 radical (unpaired) electrons. The summed E-state index contributed by atoms with van der Waals surface area (Å²) in [7, 11) is 2.03. The molecule has 0 N–H and O–H groups in total. The molecule has 16 heavy (non-hydrogen) atoms. The molecule has 0 aliphatic rings. The van der Waals surface area contributed by atoms with Crippen LogP contribution in [-0.4, -0.2) is 18.6 Å². The lowest BCUT2D eigenvalue weighted by molar-refractivity contribution is 0.764. The molecule has 1 heterocycles. The van der Waals surface area contributed by atoms with Crippen molar-refractivity contribution in [2.45, 2.75) is 33.6 Å². The molecule has 0 bridgehead atoms. The maximum atomic E-state index is 9.15. The predicted octanol–water partition coefficient (Wildman–Crippen LogP) is 2.81. The Hall–Kier alpha value is -1.56. The van der Waals surface area contributed by atoms with Crippen LogP contribution >= 0.6 is 0 Å². The molecule has 1 aromatic rings. The van der Waals surface area contributed by atoms with Gasteiger partial charge in [-0.15, -0.1) is 0 Å². The molecular weight excluding hydrogens is 198 g/mol. The molecule has 0 amide bonds. The van der Waals surface area contributed by atoms with E-state index in [1.165, 1.54) is 0 Å². The molecule has 0 aliphatic carbocycles. The van der Waals surface area contributed by atoms with Crippen LogP contribution in [0.3, 0.4) is 0 Å². The normalized spacial score (nSPS) is 9.94. The van der Waals surface area contributed by atoms with Crippen molar-refractivity contribution in [3.8, 4) is 6.07 Å². The number of hydrogen-bond donors (Lipinski definition) is 0. The van der Waals surface area contributed by atoms with E-state index in [0.717, 1.165) is 36.5 Å². The smallest absolute Gasteiger partial charge is 0.103 e. The second kappa shape index (κ2) is 5.50. The first kappa shape index (κ1) is 12.5. The average molecular weight is 217 g/mol. The molecule has 86 valence electrons. The zero-order chi connectivity index (χ0) is 12.1. The first-order valence-electron chi connectivity index (χ1n) is 5.69. The zero-order valence-corrected chi connectivity index (χ0v) is 10.5. The van der Waals surface area contributed by atoms with Crippen LogP contribution in [0.5, 0.6) is 0 Å². The van der Waals surface area contributed by atoms with Gasteiger partial charge in [-0.3, -0.25) is 4.98 Å². The van der Waals surface area contributed by atoms with Crippen molar-refractivity contribution in [2.75, 3.05) is 18.5 Å². The van der Waals surface area contributed by atoms with Gasteiger partial charge in [0.25, 0.3) is 0 Å². The van der Waals surface area contributed by atoms with E-state index >= 15 is 0 Å². The Morgan fingerprint density at radius 1 is 1.44 bits per heavy atom. The fraction of sp³-hybridized carbons (Fsp3) is 0.538. The number of rotatable bonds is 4. The number of anilines is 1. The number of nitrogens with zero attached hydrogens (tertiary/aromatic N) is 3. The highest BCUT2D eigenvalue weighted by atomic mass is 15.1. The fourth-order valence-electron chi connectivity index (χ4n) is 1.76. The minimum Gasteiger partial charge on any atom is -0.373 e. The van der Waals surface area contributed by atoms with Crippen molar-refractivity contribution in [3.05, 3.63) is 23.0 Å². The van der Waals surface area contributed by atoms with Crippen LogP contribution in [0.15, 0.2) is 6.07 Å². The van der Waals surface area contributed by atoms with Crippen LogP contribution in [-0.2, 0) is 0 Å². The van der Waals surface area contributed by atoms with Gasteiger partial charge in [-0.25, -0.2) is 0 Å². The maximum Gasteiger partial charge on any atom is 0.103 e. The van der Waals surface area contributed by atoms with Gasteiger partial charge in [0.15, 0.2) is 0 Å². The SMILES string of the molecule is CCCCN(C)c1cc(C)nc(C)c1C#N. The molecular formula is C13H19N3. The van der Waals surface area contributed by atoms with Crippen molar-refractivity contribution in [2.24, 2.45) is 0 Å². The Labute approximate surface area is 97.7 Å². The van der Waals surface area contributed by atoms with Crippen molar-refractivity contribution in [1.82, 2.24) is 4.98 Å². The van der Waals surface area contributed by atoms with Gasteiger partial charge >= 0.3 is 0 Å². The summed E-state index contributed by atoms with van der Waals surface area (Å²) in [5.41, 5.74) is 3.49. The number of hydrogen-bond acceptors (Lipinski definition) is 3. The highest BCUT2D eigenvalue weighted by Crippen LogP contribution is 2.22. The summed E-state index contributed by atoms with van der Waals surface area (Å²) >= 11 is 0. The molecule has 0 aromatic carbocycles. The number of pyridine rings is 1. The van der Waals surface area contributed by atoms with Gasteiger partial charge in [-0.1, -0.05) is 13.3 Å². The molecule has 1 aromatic heterocycles. The number of aryl methyl sites for hydroxylation is 2. The number of aromatic nitrogens is 1. The second-order valence-corrected chi connectivity index (χ2v) is 4.13. The summed E-state index contributed by atoms with van der Waals surface area (Å²) in [5.74, 6) is 0. The van der Waals surface area contributed by atoms with Gasteiger partial charge < -0.3 is 4.90 Å². The molecule has 0 saturated carbocycles. The van der Waals surface area contributed by atoms with E-state index in [4.69, 9.17) is 5.26 Å². The molecule has 0 aliphatic heterocycles. The van der Waals surface area contributed by atoms with E-state index in [9.17, 15) is 0 Å². The van der Waals surface area contributed by atoms with Crippen molar-refractivity contribution >= 4 is 5.69 Å². The third kappa shape index (κ3) is 2.73. The standard InChI is InChI=1S/C13H19N3/c1-5-6-7-16(4)13-8-10(2)15-11(3)12(13)9-14/h8H,5-7H2,1-4H3. The van der Waals surface area contributed by atoms with Gasteiger partial charge in [0.05, 0.1) is 16.9 Å². The van der Waals surface area contributed by atoms with Crippen LogP contribution in [0, 0.1) is 25.2 Å². The minimum absolute atomic E-state index is 0.698. The quantitative estimate of drug-likeness (QED) is 0.778. The largest absolute Gasteiger partial charge is 0.373 e. The molecule has 3 heteroatoms. The predicted molar refractivity (Wildman–Crippen MR) is 66.6 cm³/mol. The molecule has 1 rings (SSSR count). The Balaban J connectivity index is 3.07. The van der Waals surface area contributed by atoms with E-state index < -0.39 is 0 Å². The van der Waals surface area contributed by atoms with Crippen LogP contribution in [0.1, 0.15) is 36.7 Å².